The number of pyridine rings is 1. The second-order valence-electron chi connectivity index (χ2n) is 4.59. The fourth-order valence-corrected chi connectivity index (χ4v) is 2.04. The first kappa shape index (κ1) is 15.1. The van der Waals surface area contributed by atoms with Crippen LogP contribution in [0.15, 0.2) is 30.5 Å². The number of benzene rings is 1. The van der Waals surface area contributed by atoms with Gasteiger partial charge in [-0.3, -0.25) is 0 Å². The summed E-state index contributed by atoms with van der Waals surface area (Å²) in [6.45, 7) is 2.73. The summed E-state index contributed by atoms with van der Waals surface area (Å²) in [7, 11) is 5.09. The molecule has 2 aromatic rings. The van der Waals surface area contributed by atoms with E-state index in [1.54, 1.807) is 20.4 Å². The molecule has 5 nitrogen and oxygen atoms in total. The van der Waals surface area contributed by atoms with Gasteiger partial charge in [-0.2, -0.15) is 0 Å². The van der Waals surface area contributed by atoms with Crippen LogP contribution in [0, 0.1) is 6.92 Å². The topological polar surface area (TPSA) is 52.6 Å². The van der Waals surface area contributed by atoms with Gasteiger partial charge in [0.05, 0.1) is 14.2 Å². The molecular weight excluding hydrogens is 268 g/mol. The van der Waals surface area contributed by atoms with E-state index in [4.69, 9.17) is 14.2 Å². The first-order valence-electron chi connectivity index (χ1n) is 6.68. The quantitative estimate of drug-likeness (QED) is 0.885. The number of ether oxygens (including phenoxy) is 3. The monoisotopic (exact) mass is 288 g/mol. The smallest absolute Gasteiger partial charge is 0.222 e. The average Bonchev–Trinajstić information content (AvgIpc) is 2.50. The minimum atomic E-state index is 0.527. The van der Waals surface area contributed by atoms with E-state index in [-0.39, 0.29) is 0 Å². The molecule has 1 aromatic carbocycles. The van der Waals surface area contributed by atoms with Crippen LogP contribution in [0.3, 0.4) is 0 Å². The zero-order chi connectivity index (χ0) is 15.2. The highest BCUT2D eigenvalue weighted by molar-refractivity contribution is 5.53. The van der Waals surface area contributed by atoms with E-state index in [1.807, 2.05) is 38.2 Å². The van der Waals surface area contributed by atoms with Gasteiger partial charge in [0.15, 0.2) is 11.5 Å². The number of methoxy groups -OCH3 is 2. The zero-order valence-electron chi connectivity index (χ0n) is 12.8. The molecule has 5 heteroatoms. The number of hydrogen-bond donors (Lipinski definition) is 1. The molecule has 1 N–H and O–H groups in total. The van der Waals surface area contributed by atoms with Crippen molar-refractivity contribution in [1.29, 1.82) is 0 Å². The van der Waals surface area contributed by atoms with E-state index in [2.05, 4.69) is 10.3 Å². The Morgan fingerprint density at radius 2 is 1.81 bits per heavy atom. The highest BCUT2D eigenvalue weighted by Crippen LogP contribution is 2.40. The second-order valence-corrected chi connectivity index (χ2v) is 4.59. The van der Waals surface area contributed by atoms with Gasteiger partial charge < -0.3 is 19.5 Å². The summed E-state index contributed by atoms with van der Waals surface area (Å²) in [6, 6.07) is 7.53. The normalized spacial score (nSPS) is 10.3. The van der Waals surface area contributed by atoms with Crippen molar-refractivity contribution in [3.63, 3.8) is 0 Å². The lowest BCUT2D eigenvalue weighted by atomic mass is 10.2. The second kappa shape index (κ2) is 6.95. The molecule has 0 spiro atoms. The summed E-state index contributed by atoms with van der Waals surface area (Å²) in [4.78, 5) is 4.37. The van der Waals surface area contributed by atoms with Gasteiger partial charge >= 0.3 is 0 Å². The van der Waals surface area contributed by atoms with Crippen molar-refractivity contribution in [2.24, 2.45) is 0 Å². The molecule has 0 aliphatic carbocycles. The van der Waals surface area contributed by atoms with Gasteiger partial charge in [0.1, 0.15) is 0 Å². The Labute approximate surface area is 124 Å². The molecule has 2 rings (SSSR count). The van der Waals surface area contributed by atoms with Gasteiger partial charge in [0.25, 0.3) is 0 Å². The maximum absolute atomic E-state index is 5.90. The van der Waals surface area contributed by atoms with Gasteiger partial charge in [-0.15, -0.1) is 0 Å². The van der Waals surface area contributed by atoms with Gasteiger partial charge in [-0.1, -0.05) is 6.07 Å². The standard InChI is InChI=1S/C16H20N2O3/c1-11-8-12(9-17-2)10-18-16(11)21-15-13(19-3)6-5-7-14(15)20-4/h5-8,10,17H,9H2,1-4H3. The maximum atomic E-state index is 5.90. The minimum absolute atomic E-state index is 0.527. The number of aryl methyl sites for hydroxylation is 1. The van der Waals surface area contributed by atoms with Crippen molar-refractivity contribution in [2.75, 3.05) is 21.3 Å². The van der Waals surface area contributed by atoms with Gasteiger partial charge in [-0.05, 0) is 37.7 Å². The molecule has 0 radical (unpaired) electrons. The third kappa shape index (κ3) is 3.44. The van der Waals surface area contributed by atoms with Crippen LogP contribution in [-0.2, 0) is 6.54 Å². The molecule has 0 bridgehead atoms. The highest BCUT2D eigenvalue weighted by Gasteiger charge is 2.14. The summed E-state index contributed by atoms with van der Waals surface area (Å²) < 4.78 is 16.5. The van der Waals surface area contributed by atoms with E-state index < -0.39 is 0 Å². The van der Waals surface area contributed by atoms with Crippen LogP contribution in [0.2, 0.25) is 0 Å². The maximum Gasteiger partial charge on any atom is 0.222 e. The highest BCUT2D eigenvalue weighted by atomic mass is 16.5. The van der Waals surface area contributed by atoms with Gasteiger partial charge in [-0.25, -0.2) is 4.98 Å². The SMILES string of the molecule is CNCc1cnc(Oc2c(OC)cccc2OC)c(C)c1. The van der Waals surface area contributed by atoms with Crippen LogP contribution in [-0.4, -0.2) is 26.3 Å². The van der Waals surface area contributed by atoms with Crippen molar-refractivity contribution in [2.45, 2.75) is 13.5 Å². The van der Waals surface area contributed by atoms with Crippen LogP contribution in [0.4, 0.5) is 0 Å². The average molecular weight is 288 g/mol. The molecule has 0 saturated heterocycles. The molecule has 0 aliphatic heterocycles. The van der Waals surface area contributed by atoms with Gasteiger partial charge in [0, 0.05) is 18.3 Å². The van der Waals surface area contributed by atoms with E-state index >= 15 is 0 Å². The number of nitrogens with zero attached hydrogens (tertiary/aromatic N) is 1. The number of rotatable bonds is 6. The minimum Gasteiger partial charge on any atom is -0.493 e. The van der Waals surface area contributed by atoms with Crippen LogP contribution >= 0.6 is 0 Å². The molecule has 1 aromatic heterocycles. The molecule has 1 heterocycles. The fraction of sp³-hybridized carbons (Fsp3) is 0.312. The summed E-state index contributed by atoms with van der Waals surface area (Å²) in [5.74, 6) is 2.28. The third-order valence-electron chi connectivity index (χ3n) is 3.05. The van der Waals surface area contributed by atoms with Crippen LogP contribution in [0.5, 0.6) is 23.1 Å². The summed E-state index contributed by atoms with van der Waals surface area (Å²) in [6.07, 6.45) is 1.79. The molecule has 112 valence electrons. The van der Waals surface area contributed by atoms with Crippen molar-refractivity contribution in [3.05, 3.63) is 41.6 Å². The van der Waals surface area contributed by atoms with E-state index in [9.17, 15) is 0 Å². The van der Waals surface area contributed by atoms with E-state index in [0.29, 0.717) is 23.1 Å². The molecular formula is C16H20N2O3. The van der Waals surface area contributed by atoms with Gasteiger partial charge in [0.2, 0.25) is 11.6 Å². The molecule has 0 aliphatic rings. The largest absolute Gasteiger partial charge is 0.493 e. The summed E-state index contributed by atoms with van der Waals surface area (Å²) in [5, 5.41) is 3.10. The molecule has 0 unspecified atom stereocenters. The lowest BCUT2D eigenvalue weighted by Gasteiger charge is -2.14. The predicted octanol–water partition coefficient (Wildman–Crippen LogP) is 2.92. The van der Waals surface area contributed by atoms with Crippen molar-refractivity contribution in [3.8, 4) is 23.1 Å². The first-order chi connectivity index (χ1) is 10.2. The molecule has 0 saturated carbocycles. The Morgan fingerprint density at radius 1 is 1.14 bits per heavy atom. The Balaban J connectivity index is 2.34. The predicted molar refractivity (Wildman–Crippen MR) is 81.4 cm³/mol. The van der Waals surface area contributed by atoms with Crippen molar-refractivity contribution < 1.29 is 14.2 Å². The Kier molecular flexibility index (Phi) is 5.00. The molecule has 0 amide bonds. The first-order valence-corrected chi connectivity index (χ1v) is 6.68. The van der Waals surface area contributed by atoms with Crippen molar-refractivity contribution >= 4 is 0 Å². The lowest BCUT2D eigenvalue weighted by Crippen LogP contribution is -2.06. The molecule has 0 atom stereocenters. The number of aromatic nitrogens is 1. The Hall–Kier alpha value is -2.27. The van der Waals surface area contributed by atoms with E-state index in [0.717, 1.165) is 17.7 Å². The van der Waals surface area contributed by atoms with Crippen LogP contribution < -0.4 is 19.5 Å². The lowest BCUT2D eigenvalue weighted by molar-refractivity contribution is 0.341. The molecule has 21 heavy (non-hydrogen) atoms. The molecule has 0 fully saturated rings. The number of hydrogen-bond acceptors (Lipinski definition) is 5. The fourth-order valence-electron chi connectivity index (χ4n) is 2.04. The van der Waals surface area contributed by atoms with Crippen molar-refractivity contribution in [1.82, 2.24) is 10.3 Å². The van der Waals surface area contributed by atoms with Crippen LogP contribution in [0.1, 0.15) is 11.1 Å². The number of para-hydroxylation sites is 1. The van der Waals surface area contributed by atoms with Crippen LogP contribution in [0.25, 0.3) is 0 Å². The zero-order valence-corrected chi connectivity index (χ0v) is 12.8. The Bertz CT molecular complexity index is 592. The number of nitrogens with one attached hydrogen (secondary N) is 1. The summed E-state index contributed by atoms with van der Waals surface area (Å²) >= 11 is 0. The summed E-state index contributed by atoms with van der Waals surface area (Å²) in [5.41, 5.74) is 2.06. The van der Waals surface area contributed by atoms with E-state index in [1.165, 1.54) is 0 Å². The Morgan fingerprint density at radius 3 is 2.33 bits per heavy atom. The third-order valence-corrected chi connectivity index (χ3v) is 3.05.